The normalized spacial score (nSPS) is 18.9. The van der Waals surface area contributed by atoms with E-state index in [1.807, 2.05) is 7.05 Å². The molecule has 0 aromatic heterocycles. The molecule has 0 radical (unpaired) electrons. The maximum absolute atomic E-state index is 12.1. The van der Waals surface area contributed by atoms with Crippen LogP contribution in [0.25, 0.3) is 0 Å². The minimum atomic E-state index is -4.72. The lowest BCUT2D eigenvalue weighted by molar-refractivity contribution is -0.186. The van der Waals surface area contributed by atoms with Crippen LogP contribution in [0.1, 0.15) is 19.3 Å². The Morgan fingerprint density at radius 2 is 1.94 bits per heavy atom. The van der Waals surface area contributed by atoms with E-state index in [1.165, 1.54) is 0 Å². The summed E-state index contributed by atoms with van der Waals surface area (Å²) in [6.45, 7) is 1.33. The van der Waals surface area contributed by atoms with Gasteiger partial charge in [-0.1, -0.05) is 0 Å². The highest BCUT2D eigenvalue weighted by atomic mass is 19.4. The van der Waals surface area contributed by atoms with E-state index < -0.39 is 12.1 Å². The Morgan fingerprint density at radius 3 is 2.38 bits per heavy atom. The lowest BCUT2D eigenvalue weighted by Crippen LogP contribution is -2.45. The molecule has 1 fully saturated rings. The molecule has 0 aromatic carbocycles. The third-order valence-corrected chi connectivity index (χ3v) is 2.95. The zero-order valence-electron chi connectivity index (χ0n) is 9.31. The summed E-state index contributed by atoms with van der Waals surface area (Å²) in [7, 11) is 1.85. The average molecular weight is 238 g/mol. The van der Waals surface area contributed by atoms with Gasteiger partial charge >= 0.3 is 12.1 Å². The number of hydrogen-bond acceptors (Lipinski definition) is 2. The summed E-state index contributed by atoms with van der Waals surface area (Å²) in [4.78, 5) is 11.8. The first kappa shape index (κ1) is 13.3. The molecule has 0 atom stereocenters. The smallest absolute Gasteiger partial charge is 0.335 e. The number of carbonyl (C=O) groups excluding carboxylic acids is 1. The van der Waals surface area contributed by atoms with Crippen LogP contribution in [0, 0.1) is 5.92 Å². The summed E-state index contributed by atoms with van der Waals surface area (Å²) < 4.78 is 36.4. The predicted octanol–water partition coefficient (Wildman–Crippen LogP) is 1.40. The van der Waals surface area contributed by atoms with Crippen molar-refractivity contribution < 1.29 is 18.0 Å². The molecule has 94 valence electrons. The van der Waals surface area contributed by atoms with Gasteiger partial charge in [0.15, 0.2) is 0 Å². The molecule has 0 aromatic rings. The van der Waals surface area contributed by atoms with Crippen LogP contribution >= 0.6 is 0 Å². The van der Waals surface area contributed by atoms with Crippen LogP contribution in [-0.2, 0) is 4.79 Å². The molecule has 0 spiro atoms. The van der Waals surface area contributed by atoms with Gasteiger partial charge < -0.3 is 10.2 Å². The Balaban J connectivity index is 2.34. The second-order valence-corrected chi connectivity index (χ2v) is 4.13. The molecule has 16 heavy (non-hydrogen) atoms. The predicted molar refractivity (Wildman–Crippen MR) is 53.9 cm³/mol. The van der Waals surface area contributed by atoms with E-state index in [9.17, 15) is 18.0 Å². The number of alkyl halides is 3. The maximum atomic E-state index is 12.1. The van der Waals surface area contributed by atoms with Crippen LogP contribution in [-0.4, -0.2) is 43.7 Å². The second kappa shape index (κ2) is 5.52. The van der Waals surface area contributed by atoms with Gasteiger partial charge in [-0.25, -0.2) is 0 Å². The Bertz CT molecular complexity index is 235. The molecule has 1 amide bonds. The number of hydrogen-bond donors (Lipinski definition) is 1. The summed E-state index contributed by atoms with van der Waals surface area (Å²) in [5.41, 5.74) is 0. The van der Waals surface area contributed by atoms with Crippen molar-refractivity contribution in [2.75, 3.05) is 26.7 Å². The van der Waals surface area contributed by atoms with Crippen molar-refractivity contribution in [3.8, 4) is 0 Å². The fraction of sp³-hybridized carbons (Fsp3) is 0.900. The van der Waals surface area contributed by atoms with Gasteiger partial charge in [-0.15, -0.1) is 0 Å². The molecular formula is C10H17F3N2O. The van der Waals surface area contributed by atoms with E-state index >= 15 is 0 Å². The summed E-state index contributed by atoms with van der Waals surface area (Å²) in [6.07, 6.45) is -2.42. The molecule has 1 saturated heterocycles. The zero-order valence-corrected chi connectivity index (χ0v) is 9.31. The van der Waals surface area contributed by atoms with Crippen molar-refractivity contribution in [1.29, 1.82) is 0 Å². The van der Waals surface area contributed by atoms with Gasteiger partial charge in [-0.2, -0.15) is 13.2 Å². The first-order chi connectivity index (χ1) is 7.45. The fourth-order valence-corrected chi connectivity index (χ4v) is 1.95. The van der Waals surface area contributed by atoms with Crippen LogP contribution in [0.5, 0.6) is 0 Å². The number of piperidine rings is 1. The Kier molecular flexibility index (Phi) is 4.58. The molecule has 0 aliphatic carbocycles. The minimum absolute atomic E-state index is 0.229. The van der Waals surface area contributed by atoms with Crippen LogP contribution in [0.3, 0.4) is 0 Å². The summed E-state index contributed by atoms with van der Waals surface area (Å²) in [5, 5.41) is 3.01. The average Bonchev–Trinajstić information content (AvgIpc) is 2.25. The fourth-order valence-electron chi connectivity index (χ4n) is 1.95. The molecular weight excluding hydrogens is 221 g/mol. The van der Waals surface area contributed by atoms with Crippen molar-refractivity contribution in [2.45, 2.75) is 25.4 Å². The molecule has 1 rings (SSSR count). The number of rotatable bonds is 3. The van der Waals surface area contributed by atoms with E-state index in [0.717, 1.165) is 17.9 Å². The van der Waals surface area contributed by atoms with Crippen LogP contribution in [0.4, 0.5) is 13.2 Å². The topological polar surface area (TPSA) is 32.3 Å². The van der Waals surface area contributed by atoms with Crippen LogP contribution in [0.2, 0.25) is 0 Å². The van der Waals surface area contributed by atoms with Crippen LogP contribution < -0.4 is 5.32 Å². The van der Waals surface area contributed by atoms with Gasteiger partial charge in [0.25, 0.3) is 0 Å². The van der Waals surface area contributed by atoms with E-state index in [0.29, 0.717) is 18.8 Å². The molecule has 1 aliphatic rings. The van der Waals surface area contributed by atoms with Crippen molar-refractivity contribution in [3.63, 3.8) is 0 Å². The molecule has 1 aliphatic heterocycles. The van der Waals surface area contributed by atoms with Gasteiger partial charge in [0.05, 0.1) is 0 Å². The second-order valence-electron chi connectivity index (χ2n) is 4.13. The lowest BCUT2D eigenvalue weighted by Gasteiger charge is -2.32. The first-order valence-electron chi connectivity index (χ1n) is 5.46. The molecule has 1 heterocycles. The summed E-state index contributed by atoms with van der Waals surface area (Å²) in [5.74, 6) is -1.26. The largest absolute Gasteiger partial charge is 0.471 e. The van der Waals surface area contributed by atoms with Gasteiger partial charge in [0, 0.05) is 13.1 Å². The summed E-state index contributed by atoms with van der Waals surface area (Å²) in [6, 6.07) is 0. The van der Waals surface area contributed by atoms with Gasteiger partial charge in [0.1, 0.15) is 0 Å². The molecule has 3 nitrogen and oxygen atoms in total. The maximum Gasteiger partial charge on any atom is 0.471 e. The SMILES string of the molecule is CNCCC1CCN(C(=O)C(F)(F)F)CC1. The Morgan fingerprint density at radius 1 is 1.38 bits per heavy atom. The monoisotopic (exact) mass is 238 g/mol. The van der Waals surface area contributed by atoms with E-state index in [2.05, 4.69) is 5.32 Å². The quantitative estimate of drug-likeness (QED) is 0.806. The summed E-state index contributed by atoms with van der Waals surface area (Å²) >= 11 is 0. The zero-order chi connectivity index (χ0) is 12.2. The van der Waals surface area contributed by atoms with E-state index in [4.69, 9.17) is 0 Å². The van der Waals surface area contributed by atoms with Crippen molar-refractivity contribution in [1.82, 2.24) is 10.2 Å². The molecule has 0 saturated carbocycles. The molecule has 0 unspecified atom stereocenters. The van der Waals surface area contributed by atoms with Crippen LogP contribution in [0.15, 0.2) is 0 Å². The lowest BCUT2D eigenvalue weighted by atomic mass is 9.93. The number of likely N-dealkylation sites (tertiary alicyclic amines) is 1. The Hall–Kier alpha value is -0.780. The van der Waals surface area contributed by atoms with E-state index in [-0.39, 0.29) is 13.1 Å². The number of amides is 1. The van der Waals surface area contributed by atoms with Gasteiger partial charge in [-0.3, -0.25) is 4.79 Å². The highest BCUT2D eigenvalue weighted by Crippen LogP contribution is 2.24. The highest BCUT2D eigenvalue weighted by molar-refractivity contribution is 5.81. The van der Waals surface area contributed by atoms with Crippen molar-refractivity contribution in [3.05, 3.63) is 0 Å². The van der Waals surface area contributed by atoms with Crippen molar-refractivity contribution in [2.24, 2.45) is 5.92 Å². The third-order valence-electron chi connectivity index (χ3n) is 2.95. The molecule has 0 bridgehead atoms. The number of halogens is 3. The van der Waals surface area contributed by atoms with Gasteiger partial charge in [0.2, 0.25) is 0 Å². The highest BCUT2D eigenvalue weighted by Gasteiger charge is 2.43. The standard InChI is InChI=1S/C10H17F3N2O/c1-14-5-2-8-3-6-15(7-4-8)9(16)10(11,12)13/h8,14H,2-7H2,1H3. The van der Waals surface area contributed by atoms with Crippen molar-refractivity contribution >= 4 is 5.91 Å². The van der Waals surface area contributed by atoms with Gasteiger partial charge in [-0.05, 0) is 38.8 Å². The minimum Gasteiger partial charge on any atom is -0.335 e. The first-order valence-corrected chi connectivity index (χ1v) is 5.46. The number of nitrogens with one attached hydrogen (secondary N) is 1. The third kappa shape index (κ3) is 3.66. The van der Waals surface area contributed by atoms with E-state index in [1.54, 1.807) is 0 Å². The molecule has 6 heteroatoms. The number of nitrogens with zero attached hydrogens (tertiary/aromatic N) is 1. The molecule has 1 N–H and O–H groups in total. The Labute approximate surface area is 93.0 Å². The number of carbonyl (C=O) groups is 1.